The van der Waals surface area contributed by atoms with E-state index in [1.165, 1.54) is 4.70 Å². The zero-order valence-corrected chi connectivity index (χ0v) is 14.0. The number of para-hydroxylation sites is 1. The Bertz CT molecular complexity index is 777. The number of benzene rings is 2. The molecule has 0 bridgehead atoms. The zero-order valence-electron chi connectivity index (χ0n) is 13.2. The lowest BCUT2D eigenvalue weighted by Gasteiger charge is -2.05. The molecule has 0 aliphatic carbocycles. The lowest BCUT2D eigenvalue weighted by molar-refractivity contribution is -0.116. The third-order valence-electron chi connectivity index (χ3n) is 3.68. The van der Waals surface area contributed by atoms with Crippen LogP contribution in [-0.4, -0.2) is 10.9 Å². The molecule has 3 aromatic rings. The van der Waals surface area contributed by atoms with E-state index in [0.29, 0.717) is 6.42 Å². The maximum absolute atomic E-state index is 12.0. The topological polar surface area (TPSA) is 42.0 Å². The molecule has 0 saturated heterocycles. The molecule has 1 N–H and O–H groups in total. The van der Waals surface area contributed by atoms with Crippen molar-refractivity contribution in [3.05, 3.63) is 59.1 Å². The molecule has 0 aliphatic rings. The Kier molecular flexibility index (Phi) is 5.03. The molecule has 4 heteroatoms. The van der Waals surface area contributed by atoms with Gasteiger partial charge in [0, 0.05) is 12.1 Å². The summed E-state index contributed by atoms with van der Waals surface area (Å²) < 4.78 is 1.24. The van der Waals surface area contributed by atoms with E-state index in [4.69, 9.17) is 0 Å². The highest BCUT2D eigenvalue weighted by molar-refractivity contribution is 7.18. The number of aromatic nitrogens is 1. The predicted molar refractivity (Wildman–Crippen MR) is 97.0 cm³/mol. The van der Waals surface area contributed by atoms with Crippen molar-refractivity contribution in [3.8, 4) is 0 Å². The van der Waals surface area contributed by atoms with Crippen LogP contribution in [0.4, 0.5) is 5.69 Å². The van der Waals surface area contributed by atoms with Gasteiger partial charge in [0.1, 0.15) is 0 Å². The van der Waals surface area contributed by atoms with Crippen molar-refractivity contribution < 1.29 is 4.79 Å². The van der Waals surface area contributed by atoms with Crippen LogP contribution < -0.4 is 5.32 Å². The lowest BCUT2D eigenvalue weighted by atomic mass is 10.2. The summed E-state index contributed by atoms with van der Waals surface area (Å²) in [5.74, 6) is 0.0832. The van der Waals surface area contributed by atoms with E-state index in [9.17, 15) is 4.79 Å². The standard InChI is InChI=1S/C19H20N2OS/c1-14-7-6-8-15(13-14)20-18(22)11-4-5-12-19-21-16-9-2-3-10-17(16)23-19/h2-3,6-10,13H,4-5,11-12H2,1H3,(H,20,22). The second-order valence-corrected chi connectivity index (χ2v) is 6.82. The predicted octanol–water partition coefficient (Wildman–Crippen LogP) is 4.96. The molecule has 2 aromatic carbocycles. The molecule has 1 aromatic heterocycles. The Morgan fingerprint density at radius 2 is 2.00 bits per heavy atom. The highest BCUT2D eigenvalue weighted by atomic mass is 32.1. The van der Waals surface area contributed by atoms with Gasteiger partial charge in [0.2, 0.25) is 5.91 Å². The minimum absolute atomic E-state index is 0.0832. The van der Waals surface area contributed by atoms with E-state index in [-0.39, 0.29) is 5.91 Å². The molecule has 23 heavy (non-hydrogen) atoms. The second kappa shape index (κ2) is 7.38. The maximum Gasteiger partial charge on any atom is 0.224 e. The average Bonchev–Trinajstić information content (AvgIpc) is 2.94. The van der Waals surface area contributed by atoms with Crippen LogP contribution in [0.15, 0.2) is 48.5 Å². The number of carbonyl (C=O) groups excluding carboxylic acids is 1. The van der Waals surface area contributed by atoms with Gasteiger partial charge in [-0.3, -0.25) is 4.79 Å². The molecule has 118 valence electrons. The number of hydrogen-bond donors (Lipinski definition) is 1. The van der Waals surface area contributed by atoms with Crippen LogP contribution in [0.5, 0.6) is 0 Å². The van der Waals surface area contributed by atoms with Gasteiger partial charge in [-0.15, -0.1) is 11.3 Å². The van der Waals surface area contributed by atoms with Gasteiger partial charge in [-0.2, -0.15) is 0 Å². The Morgan fingerprint density at radius 3 is 2.83 bits per heavy atom. The van der Waals surface area contributed by atoms with Gasteiger partial charge < -0.3 is 5.32 Å². The van der Waals surface area contributed by atoms with Crippen LogP contribution in [-0.2, 0) is 11.2 Å². The number of unbranched alkanes of at least 4 members (excludes halogenated alkanes) is 1. The van der Waals surface area contributed by atoms with Crippen LogP contribution in [0.3, 0.4) is 0 Å². The van der Waals surface area contributed by atoms with Crippen LogP contribution >= 0.6 is 11.3 Å². The van der Waals surface area contributed by atoms with E-state index in [2.05, 4.69) is 16.4 Å². The number of anilines is 1. The van der Waals surface area contributed by atoms with Gasteiger partial charge in [0.05, 0.1) is 15.2 Å². The van der Waals surface area contributed by atoms with E-state index >= 15 is 0 Å². The Balaban J connectivity index is 1.43. The van der Waals surface area contributed by atoms with Crippen molar-refractivity contribution in [2.45, 2.75) is 32.6 Å². The molecule has 0 radical (unpaired) electrons. The summed E-state index contributed by atoms with van der Waals surface area (Å²) in [5, 5.41) is 4.11. The van der Waals surface area contributed by atoms with Gasteiger partial charge in [-0.05, 0) is 56.0 Å². The van der Waals surface area contributed by atoms with Crippen molar-refractivity contribution in [2.75, 3.05) is 5.32 Å². The summed E-state index contributed by atoms with van der Waals surface area (Å²) >= 11 is 1.75. The smallest absolute Gasteiger partial charge is 0.224 e. The highest BCUT2D eigenvalue weighted by Crippen LogP contribution is 2.23. The number of carbonyl (C=O) groups is 1. The first-order valence-electron chi connectivity index (χ1n) is 7.92. The van der Waals surface area contributed by atoms with Crippen molar-refractivity contribution in [1.29, 1.82) is 0 Å². The Labute approximate surface area is 140 Å². The summed E-state index contributed by atoms with van der Waals surface area (Å²) in [4.78, 5) is 16.6. The van der Waals surface area contributed by atoms with Gasteiger partial charge in [-0.1, -0.05) is 24.3 Å². The molecule has 1 amide bonds. The van der Waals surface area contributed by atoms with Crippen molar-refractivity contribution in [1.82, 2.24) is 4.98 Å². The normalized spacial score (nSPS) is 10.8. The third kappa shape index (κ3) is 4.39. The summed E-state index contributed by atoms with van der Waals surface area (Å²) in [5.41, 5.74) is 3.10. The van der Waals surface area contributed by atoms with Crippen LogP contribution in [0.1, 0.15) is 29.8 Å². The number of amides is 1. The molecule has 3 nitrogen and oxygen atoms in total. The molecular weight excluding hydrogens is 304 g/mol. The molecule has 0 fully saturated rings. The van der Waals surface area contributed by atoms with Crippen molar-refractivity contribution in [2.24, 2.45) is 0 Å². The van der Waals surface area contributed by atoms with E-state index in [1.807, 2.05) is 49.4 Å². The van der Waals surface area contributed by atoms with Gasteiger partial charge in [0.25, 0.3) is 0 Å². The number of aryl methyl sites for hydroxylation is 2. The van der Waals surface area contributed by atoms with Gasteiger partial charge in [-0.25, -0.2) is 4.98 Å². The molecule has 0 spiro atoms. The van der Waals surface area contributed by atoms with E-state index in [0.717, 1.165) is 41.0 Å². The average molecular weight is 324 g/mol. The fourth-order valence-electron chi connectivity index (χ4n) is 2.53. The SMILES string of the molecule is Cc1cccc(NC(=O)CCCCc2nc3ccccc3s2)c1. The number of nitrogens with one attached hydrogen (secondary N) is 1. The monoisotopic (exact) mass is 324 g/mol. The van der Waals surface area contributed by atoms with Crippen LogP contribution in [0, 0.1) is 6.92 Å². The Morgan fingerprint density at radius 1 is 1.13 bits per heavy atom. The van der Waals surface area contributed by atoms with Crippen LogP contribution in [0.25, 0.3) is 10.2 Å². The fraction of sp³-hybridized carbons (Fsp3) is 0.263. The molecule has 1 heterocycles. The van der Waals surface area contributed by atoms with Gasteiger partial charge in [0.15, 0.2) is 0 Å². The first kappa shape index (κ1) is 15.7. The summed E-state index contributed by atoms with van der Waals surface area (Å²) in [6.45, 7) is 2.02. The molecule has 0 saturated carbocycles. The minimum atomic E-state index is 0.0832. The maximum atomic E-state index is 12.0. The van der Waals surface area contributed by atoms with E-state index in [1.54, 1.807) is 11.3 Å². The van der Waals surface area contributed by atoms with Crippen molar-refractivity contribution in [3.63, 3.8) is 0 Å². The zero-order chi connectivity index (χ0) is 16.1. The summed E-state index contributed by atoms with van der Waals surface area (Å²) in [7, 11) is 0. The largest absolute Gasteiger partial charge is 0.326 e. The van der Waals surface area contributed by atoms with Gasteiger partial charge >= 0.3 is 0 Å². The molecule has 3 rings (SSSR count). The fourth-order valence-corrected chi connectivity index (χ4v) is 3.54. The summed E-state index contributed by atoms with van der Waals surface area (Å²) in [6.07, 6.45) is 3.37. The third-order valence-corrected chi connectivity index (χ3v) is 4.78. The number of thiazole rings is 1. The minimum Gasteiger partial charge on any atom is -0.326 e. The number of fused-ring (bicyclic) bond motifs is 1. The highest BCUT2D eigenvalue weighted by Gasteiger charge is 2.05. The molecule has 0 aliphatic heterocycles. The number of rotatable bonds is 6. The quantitative estimate of drug-likeness (QED) is 0.651. The number of nitrogens with zero attached hydrogens (tertiary/aromatic N) is 1. The Hall–Kier alpha value is -2.20. The first-order valence-corrected chi connectivity index (χ1v) is 8.73. The van der Waals surface area contributed by atoms with Crippen molar-refractivity contribution >= 4 is 33.1 Å². The molecule has 0 atom stereocenters. The lowest BCUT2D eigenvalue weighted by Crippen LogP contribution is -2.11. The molecule has 0 unspecified atom stereocenters. The van der Waals surface area contributed by atoms with E-state index < -0.39 is 0 Å². The number of hydrogen-bond acceptors (Lipinski definition) is 3. The molecular formula is C19H20N2OS. The van der Waals surface area contributed by atoms with Crippen LogP contribution in [0.2, 0.25) is 0 Å². The second-order valence-electron chi connectivity index (χ2n) is 5.70. The first-order chi connectivity index (χ1) is 11.2. The summed E-state index contributed by atoms with van der Waals surface area (Å²) in [6, 6.07) is 16.1.